The first-order valence-corrected chi connectivity index (χ1v) is 7.37. The summed E-state index contributed by atoms with van der Waals surface area (Å²) in [5.74, 6) is 0. The van der Waals surface area contributed by atoms with E-state index in [1.54, 1.807) is 0 Å². The Bertz CT molecular complexity index is 543. The SMILES string of the molecule is CN(C1CC1)C(CN)c1ccc(-c2ccccc2)cc1. The van der Waals surface area contributed by atoms with Crippen molar-refractivity contribution < 1.29 is 0 Å². The monoisotopic (exact) mass is 266 g/mol. The number of likely N-dealkylation sites (N-methyl/N-ethyl adjacent to an activating group) is 1. The highest BCUT2D eigenvalue weighted by Crippen LogP contribution is 2.33. The highest BCUT2D eigenvalue weighted by Gasteiger charge is 2.31. The maximum Gasteiger partial charge on any atom is 0.0470 e. The number of nitrogens with two attached hydrogens (primary N) is 1. The molecule has 0 bridgehead atoms. The van der Waals surface area contributed by atoms with Crippen molar-refractivity contribution >= 4 is 0 Å². The maximum absolute atomic E-state index is 5.98. The summed E-state index contributed by atoms with van der Waals surface area (Å²) in [6.07, 6.45) is 2.63. The first kappa shape index (κ1) is 13.3. The Labute approximate surface area is 121 Å². The first-order valence-electron chi connectivity index (χ1n) is 7.37. The molecular formula is C18H22N2. The standard InChI is InChI=1S/C18H22N2/c1-20(17-11-12-17)18(13-19)16-9-7-15(8-10-16)14-5-3-2-4-6-14/h2-10,17-18H,11-13,19H2,1H3. The van der Waals surface area contributed by atoms with Gasteiger partial charge in [0, 0.05) is 18.6 Å². The molecule has 2 nitrogen and oxygen atoms in total. The van der Waals surface area contributed by atoms with Crippen LogP contribution in [0, 0.1) is 0 Å². The predicted octanol–water partition coefficient (Wildman–Crippen LogP) is 3.45. The molecule has 2 N–H and O–H groups in total. The summed E-state index contributed by atoms with van der Waals surface area (Å²) in [6, 6.07) is 20.4. The maximum atomic E-state index is 5.98. The molecule has 20 heavy (non-hydrogen) atoms. The number of hydrogen-bond donors (Lipinski definition) is 1. The normalized spacial score (nSPS) is 16.4. The van der Waals surface area contributed by atoms with E-state index in [9.17, 15) is 0 Å². The summed E-state index contributed by atoms with van der Waals surface area (Å²) >= 11 is 0. The zero-order valence-electron chi connectivity index (χ0n) is 12.0. The topological polar surface area (TPSA) is 29.3 Å². The van der Waals surface area contributed by atoms with E-state index in [0.29, 0.717) is 12.6 Å². The summed E-state index contributed by atoms with van der Waals surface area (Å²) in [4.78, 5) is 2.43. The summed E-state index contributed by atoms with van der Waals surface area (Å²) < 4.78 is 0. The van der Waals surface area contributed by atoms with Crippen LogP contribution >= 0.6 is 0 Å². The third kappa shape index (κ3) is 2.77. The van der Waals surface area contributed by atoms with Gasteiger partial charge in [0.25, 0.3) is 0 Å². The van der Waals surface area contributed by atoms with Crippen LogP contribution in [0.15, 0.2) is 54.6 Å². The first-order chi connectivity index (χ1) is 9.79. The van der Waals surface area contributed by atoms with Crippen LogP contribution in [0.25, 0.3) is 11.1 Å². The molecule has 2 heteroatoms. The van der Waals surface area contributed by atoms with E-state index in [1.807, 2.05) is 6.07 Å². The van der Waals surface area contributed by atoms with Gasteiger partial charge in [0.1, 0.15) is 0 Å². The molecular weight excluding hydrogens is 244 g/mol. The van der Waals surface area contributed by atoms with Gasteiger partial charge in [0.05, 0.1) is 0 Å². The minimum absolute atomic E-state index is 0.340. The van der Waals surface area contributed by atoms with E-state index in [2.05, 4.69) is 60.5 Å². The smallest absolute Gasteiger partial charge is 0.0470 e. The van der Waals surface area contributed by atoms with Gasteiger partial charge in [-0.05, 0) is 36.6 Å². The molecule has 0 amide bonds. The Kier molecular flexibility index (Phi) is 3.86. The van der Waals surface area contributed by atoms with Gasteiger partial charge in [0.2, 0.25) is 0 Å². The summed E-state index contributed by atoms with van der Waals surface area (Å²) in [5, 5.41) is 0. The number of benzene rings is 2. The van der Waals surface area contributed by atoms with Crippen LogP contribution in [0.4, 0.5) is 0 Å². The minimum atomic E-state index is 0.340. The molecule has 0 heterocycles. The van der Waals surface area contributed by atoms with Crippen LogP contribution in [0.2, 0.25) is 0 Å². The van der Waals surface area contributed by atoms with Gasteiger partial charge in [0.15, 0.2) is 0 Å². The van der Waals surface area contributed by atoms with Crippen molar-refractivity contribution in [1.82, 2.24) is 4.90 Å². The molecule has 0 radical (unpaired) electrons. The molecule has 104 valence electrons. The molecule has 1 fully saturated rings. The molecule has 0 saturated heterocycles. The predicted molar refractivity (Wildman–Crippen MR) is 84.5 cm³/mol. The Morgan fingerprint density at radius 2 is 1.60 bits per heavy atom. The fourth-order valence-electron chi connectivity index (χ4n) is 2.80. The van der Waals surface area contributed by atoms with E-state index in [4.69, 9.17) is 5.73 Å². The average Bonchev–Trinajstić information content (AvgIpc) is 3.34. The Morgan fingerprint density at radius 3 is 2.15 bits per heavy atom. The molecule has 0 aliphatic heterocycles. The van der Waals surface area contributed by atoms with Crippen molar-refractivity contribution in [1.29, 1.82) is 0 Å². The zero-order chi connectivity index (χ0) is 13.9. The van der Waals surface area contributed by atoms with Gasteiger partial charge in [-0.1, -0.05) is 54.6 Å². The summed E-state index contributed by atoms with van der Waals surface area (Å²) in [6.45, 7) is 0.678. The fourth-order valence-corrected chi connectivity index (χ4v) is 2.80. The van der Waals surface area contributed by atoms with E-state index < -0.39 is 0 Å². The quantitative estimate of drug-likeness (QED) is 0.898. The lowest BCUT2D eigenvalue weighted by molar-refractivity contribution is 0.240. The Balaban J connectivity index is 1.81. The third-order valence-electron chi connectivity index (χ3n) is 4.24. The summed E-state index contributed by atoms with van der Waals surface area (Å²) in [5.41, 5.74) is 9.83. The van der Waals surface area contributed by atoms with Gasteiger partial charge >= 0.3 is 0 Å². The molecule has 1 unspecified atom stereocenters. The van der Waals surface area contributed by atoms with Gasteiger partial charge in [-0.15, -0.1) is 0 Å². The molecule has 3 rings (SSSR count). The van der Waals surface area contributed by atoms with Gasteiger partial charge in [-0.3, -0.25) is 4.90 Å². The lowest BCUT2D eigenvalue weighted by atomic mass is 10.00. The van der Waals surface area contributed by atoms with Crippen molar-refractivity contribution in [3.8, 4) is 11.1 Å². The Morgan fingerprint density at radius 1 is 1.00 bits per heavy atom. The van der Waals surface area contributed by atoms with Crippen LogP contribution in [-0.4, -0.2) is 24.5 Å². The van der Waals surface area contributed by atoms with Crippen molar-refractivity contribution in [3.05, 3.63) is 60.2 Å². The molecule has 1 aliphatic rings. The molecule has 1 saturated carbocycles. The second-order valence-corrected chi connectivity index (χ2v) is 5.64. The molecule has 2 aromatic rings. The third-order valence-corrected chi connectivity index (χ3v) is 4.24. The second kappa shape index (κ2) is 5.78. The van der Waals surface area contributed by atoms with E-state index in [-0.39, 0.29) is 0 Å². The largest absolute Gasteiger partial charge is 0.329 e. The molecule has 1 aliphatic carbocycles. The summed E-state index contributed by atoms with van der Waals surface area (Å²) in [7, 11) is 2.19. The molecule has 0 aromatic heterocycles. The van der Waals surface area contributed by atoms with E-state index >= 15 is 0 Å². The zero-order valence-corrected chi connectivity index (χ0v) is 12.0. The number of rotatable bonds is 5. The number of hydrogen-bond acceptors (Lipinski definition) is 2. The van der Waals surface area contributed by atoms with E-state index in [0.717, 1.165) is 6.04 Å². The highest BCUT2D eigenvalue weighted by atomic mass is 15.2. The van der Waals surface area contributed by atoms with Crippen LogP contribution < -0.4 is 5.73 Å². The van der Waals surface area contributed by atoms with Crippen molar-refractivity contribution in [3.63, 3.8) is 0 Å². The van der Waals surface area contributed by atoms with Gasteiger partial charge in [-0.2, -0.15) is 0 Å². The molecule has 2 aromatic carbocycles. The van der Waals surface area contributed by atoms with Gasteiger partial charge < -0.3 is 5.73 Å². The van der Waals surface area contributed by atoms with E-state index in [1.165, 1.54) is 29.5 Å². The second-order valence-electron chi connectivity index (χ2n) is 5.64. The van der Waals surface area contributed by atoms with Crippen molar-refractivity contribution in [2.75, 3.05) is 13.6 Å². The number of nitrogens with zero attached hydrogens (tertiary/aromatic N) is 1. The molecule has 0 spiro atoms. The molecule has 1 atom stereocenters. The lowest BCUT2D eigenvalue weighted by Crippen LogP contribution is -2.32. The van der Waals surface area contributed by atoms with Crippen LogP contribution in [0.1, 0.15) is 24.4 Å². The van der Waals surface area contributed by atoms with Gasteiger partial charge in [-0.25, -0.2) is 0 Å². The Hall–Kier alpha value is -1.64. The van der Waals surface area contributed by atoms with Crippen LogP contribution in [0.3, 0.4) is 0 Å². The fraction of sp³-hybridized carbons (Fsp3) is 0.333. The van der Waals surface area contributed by atoms with Crippen molar-refractivity contribution in [2.24, 2.45) is 5.73 Å². The van der Waals surface area contributed by atoms with Crippen LogP contribution in [-0.2, 0) is 0 Å². The lowest BCUT2D eigenvalue weighted by Gasteiger charge is -2.27. The van der Waals surface area contributed by atoms with Crippen molar-refractivity contribution in [2.45, 2.75) is 24.9 Å². The van der Waals surface area contributed by atoms with Crippen LogP contribution in [0.5, 0.6) is 0 Å². The average molecular weight is 266 g/mol. The highest BCUT2D eigenvalue weighted by molar-refractivity contribution is 5.63. The minimum Gasteiger partial charge on any atom is -0.329 e.